The van der Waals surface area contributed by atoms with Gasteiger partial charge in [-0.05, 0) is 38.5 Å². The minimum atomic E-state index is -1.83. The molecule has 3 rings (SSSR count). The van der Waals surface area contributed by atoms with Crippen molar-refractivity contribution in [3.05, 3.63) is 0 Å². The molecule has 9 nitrogen and oxygen atoms in total. The Morgan fingerprint density at radius 1 is 0.300 bits per heavy atom. The average molecular weight is 579 g/mol. The normalized spacial score (nSPS) is 24.4. The van der Waals surface area contributed by atoms with Crippen molar-refractivity contribution in [2.24, 2.45) is 0 Å². The quantitative estimate of drug-likeness (QED) is 0.143. The van der Waals surface area contributed by atoms with Crippen molar-refractivity contribution in [1.29, 1.82) is 0 Å². The summed E-state index contributed by atoms with van der Waals surface area (Å²) in [4.78, 5) is 8.56. The first-order valence-electron chi connectivity index (χ1n) is 16.1. The highest BCUT2D eigenvalue weighted by Crippen LogP contribution is 2.24. The summed E-state index contributed by atoms with van der Waals surface area (Å²) >= 11 is 0. The third-order valence-electron chi connectivity index (χ3n) is 7.96. The Bertz CT molecular complexity index is 482. The zero-order valence-corrected chi connectivity index (χ0v) is 25.1. The second-order valence-corrected chi connectivity index (χ2v) is 12.2. The van der Waals surface area contributed by atoms with Crippen LogP contribution in [0.15, 0.2) is 0 Å². The Hall–Kier alpha value is -0.970. The van der Waals surface area contributed by atoms with Crippen molar-refractivity contribution in [3.63, 3.8) is 0 Å². The summed E-state index contributed by atoms with van der Waals surface area (Å²) in [6.45, 7) is 0. The maximum atomic E-state index is 9.45. The van der Waals surface area contributed by atoms with E-state index in [-0.39, 0.29) is 0 Å². The smallest absolute Gasteiger partial charge is 0.450 e. The van der Waals surface area contributed by atoms with Gasteiger partial charge in [-0.15, -0.1) is 0 Å². The molecule has 40 heavy (non-hydrogen) atoms. The van der Waals surface area contributed by atoms with Crippen LogP contribution in [-0.4, -0.2) is 64.4 Å². The Morgan fingerprint density at radius 2 is 0.400 bits per heavy atom. The van der Waals surface area contributed by atoms with E-state index in [1.807, 2.05) is 0 Å². The van der Waals surface area contributed by atoms with Gasteiger partial charge in [0.05, 0.1) is 0 Å². The Labute approximate surface area is 242 Å². The van der Waals surface area contributed by atoms with Gasteiger partial charge < -0.3 is 40.9 Å². The van der Waals surface area contributed by atoms with Crippen LogP contribution in [0, 0.1) is 0 Å². The molecule has 0 saturated heterocycles. The van der Waals surface area contributed by atoms with E-state index in [2.05, 4.69) is 0 Å². The van der Waals surface area contributed by atoms with Crippen LogP contribution in [0.25, 0.3) is 0 Å². The van der Waals surface area contributed by atoms with Crippen molar-refractivity contribution in [3.8, 4) is 0 Å². The monoisotopic (exact) mass is 578 g/mol. The molecule has 0 atom stereocenters. The first-order valence-corrected chi connectivity index (χ1v) is 16.1. The van der Waals surface area contributed by atoms with Crippen LogP contribution in [0.2, 0.25) is 0 Å². The summed E-state index contributed by atoms with van der Waals surface area (Å²) in [5, 5.41) is 70.7. The molecule has 0 aromatic carbocycles. The Morgan fingerprint density at radius 3 is 0.525 bits per heavy atom. The summed E-state index contributed by atoms with van der Waals surface area (Å²) in [7, 11) is 0. The van der Waals surface area contributed by atoms with Crippen molar-refractivity contribution in [2.75, 3.05) is 0 Å². The first kappa shape index (κ1) is 39.0. The van der Waals surface area contributed by atoms with Crippen LogP contribution in [0.3, 0.4) is 0 Å². The van der Waals surface area contributed by atoms with E-state index >= 15 is 0 Å². The molecule has 0 aliphatic heterocycles. The van der Waals surface area contributed by atoms with Gasteiger partial charge in [-0.25, -0.2) is 4.79 Å². The van der Waals surface area contributed by atoms with Gasteiger partial charge in [-0.1, -0.05) is 96.3 Å². The van der Waals surface area contributed by atoms with Crippen molar-refractivity contribution < 1.29 is 45.6 Å². The van der Waals surface area contributed by atoms with Crippen molar-refractivity contribution in [1.82, 2.24) is 0 Å². The second kappa shape index (κ2) is 23.6. The lowest BCUT2D eigenvalue weighted by Gasteiger charge is -2.22. The lowest BCUT2D eigenvalue weighted by molar-refractivity contribution is -0.173. The topological polar surface area (TPSA) is 179 Å². The molecular formula is C31H62O9. The highest BCUT2D eigenvalue weighted by molar-refractivity contribution is 5.53. The molecule has 0 amide bonds. The molecular weight excluding hydrogens is 516 g/mol. The van der Waals surface area contributed by atoms with Crippen LogP contribution in [-0.2, 0) is 0 Å². The van der Waals surface area contributed by atoms with E-state index in [1.165, 1.54) is 57.8 Å². The Balaban J connectivity index is 0.000000534. The highest BCUT2D eigenvalue weighted by atomic mass is 16.6. The minimum Gasteiger partial charge on any atom is -0.450 e. The second-order valence-electron chi connectivity index (χ2n) is 12.2. The zero-order chi connectivity index (χ0) is 30.2. The molecule has 9 heteroatoms. The molecule has 0 aromatic rings. The summed E-state index contributed by atoms with van der Waals surface area (Å²) in [6.07, 6.45) is 25.8. The zero-order valence-electron chi connectivity index (χ0n) is 25.1. The van der Waals surface area contributed by atoms with E-state index in [1.54, 1.807) is 0 Å². The number of carboxylic acid groups (broad SMARTS) is 2. The number of aliphatic hydroxyl groups is 6. The molecule has 3 fully saturated rings. The predicted octanol–water partition coefficient (Wildman–Crippen LogP) is 6.80. The van der Waals surface area contributed by atoms with Gasteiger partial charge in [0.2, 0.25) is 0 Å². The van der Waals surface area contributed by atoms with E-state index < -0.39 is 23.5 Å². The molecule has 3 aliphatic carbocycles. The molecule has 0 unspecified atom stereocenters. The minimum absolute atomic E-state index is 0.562. The number of carbonyl (C=O) groups is 1. The molecule has 0 bridgehead atoms. The molecule has 0 aromatic heterocycles. The van der Waals surface area contributed by atoms with Gasteiger partial charge in [0.1, 0.15) is 0 Å². The third-order valence-corrected chi connectivity index (χ3v) is 7.96. The van der Waals surface area contributed by atoms with Gasteiger partial charge in [-0.3, -0.25) is 0 Å². The number of hydrogen-bond acceptors (Lipinski definition) is 7. The fourth-order valence-electron chi connectivity index (χ4n) is 5.48. The largest absolute Gasteiger partial charge is 0.503 e. The Kier molecular flexibility index (Phi) is 23.0. The fraction of sp³-hybridized carbons (Fsp3) is 0.968. The van der Waals surface area contributed by atoms with E-state index in [0.717, 1.165) is 77.0 Å². The van der Waals surface area contributed by atoms with Gasteiger partial charge >= 0.3 is 6.16 Å². The molecule has 3 saturated carbocycles. The summed E-state index contributed by atoms with van der Waals surface area (Å²) in [5.41, 5.74) is 0. The lowest BCUT2D eigenvalue weighted by atomic mass is 9.97. The molecule has 0 radical (unpaired) electrons. The average Bonchev–Trinajstić information content (AvgIpc) is 2.86. The number of rotatable bonds is 0. The molecule has 3 aliphatic rings. The van der Waals surface area contributed by atoms with Crippen LogP contribution in [0.4, 0.5) is 4.79 Å². The van der Waals surface area contributed by atoms with Gasteiger partial charge in [-0.2, -0.15) is 0 Å². The molecule has 240 valence electrons. The fourth-order valence-corrected chi connectivity index (χ4v) is 5.48. The van der Waals surface area contributed by atoms with Gasteiger partial charge in [0.25, 0.3) is 0 Å². The van der Waals surface area contributed by atoms with Gasteiger partial charge in [0.15, 0.2) is 17.4 Å². The molecule has 0 spiro atoms. The van der Waals surface area contributed by atoms with Crippen LogP contribution >= 0.6 is 0 Å². The van der Waals surface area contributed by atoms with Crippen LogP contribution in [0.1, 0.15) is 173 Å². The molecule has 8 N–H and O–H groups in total. The summed E-state index contributed by atoms with van der Waals surface area (Å²) < 4.78 is 0. The van der Waals surface area contributed by atoms with Crippen molar-refractivity contribution >= 4 is 6.16 Å². The standard InChI is InChI=1S/3C10H20O2.CH2O3/c3*11-10(12)8-6-4-2-1-3-5-7-9-10;2-1(3)4/h3*11-12H,1-9H2;(H2,2,3,4). The highest BCUT2D eigenvalue weighted by Gasteiger charge is 2.23. The van der Waals surface area contributed by atoms with E-state index in [9.17, 15) is 30.6 Å². The SMILES string of the molecule is O=C(O)O.OC1(O)CCCCCCCCC1.OC1(O)CCCCCCCCC1.OC1(O)CCCCCCCCC1. The van der Waals surface area contributed by atoms with Crippen LogP contribution in [0.5, 0.6) is 0 Å². The third kappa shape index (κ3) is 28.6. The maximum Gasteiger partial charge on any atom is 0.503 e. The summed E-state index contributed by atoms with van der Waals surface area (Å²) in [6, 6.07) is 0. The van der Waals surface area contributed by atoms with E-state index in [4.69, 9.17) is 15.0 Å². The van der Waals surface area contributed by atoms with E-state index in [0.29, 0.717) is 38.5 Å². The lowest BCUT2D eigenvalue weighted by Crippen LogP contribution is -2.27. The maximum absolute atomic E-state index is 9.45. The summed E-state index contributed by atoms with van der Waals surface area (Å²) in [5.74, 6) is -4.09. The first-order chi connectivity index (χ1) is 18.9. The van der Waals surface area contributed by atoms with Crippen LogP contribution < -0.4 is 0 Å². The molecule has 0 heterocycles. The number of hydrogen-bond donors (Lipinski definition) is 8. The van der Waals surface area contributed by atoms with Crippen molar-refractivity contribution in [2.45, 2.75) is 191 Å². The van der Waals surface area contributed by atoms with Gasteiger partial charge in [0, 0.05) is 38.5 Å². The predicted molar refractivity (Wildman–Crippen MR) is 157 cm³/mol.